The smallest absolute Gasteiger partial charge is 0.326 e. The van der Waals surface area contributed by atoms with Crippen molar-refractivity contribution in [1.29, 1.82) is 0 Å². The van der Waals surface area contributed by atoms with Crippen LogP contribution in [-0.2, 0) is 21.2 Å². The third kappa shape index (κ3) is 6.35. The molecule has 0 fully saturated rings. The number of fused-ring (bicyclic) bond motifs is 1. The average molecular weight is 484 g/mol. The second-order valence-corrected chi connectivity index (χ2v) is 11.5. The van der Waals surface area contributed by atoms with Crippen molar-refractivity contribution in [3.63, 3.8) is 0 Å². The van der Waals surface area contributed by atoms with Gasteiger partial charge in [-0.3, -0.25) is 4.79 Å². The highest BCUT2D eigenvalue weighted by Crippen LogP contribution is 2.31. The van der Waals surface area contributed by atoms with Gasteiger partial charge in [-0.15, -0.1) is 0 Å². The van der Waals surface area contributed by atoms with Gasteiger partial charge in [-0.25, -0.2) is 13.2 Å². The monoisotopic (exact) mass is 483 g/mol. The largest absolute Gasteiger partial charge is 0.487 e. The molecule has 0 saturated carbocycles. The van der Waals surface area contributed by atoms with Crippen LogP contribution in [0, 0.1) is 5.41 Å². The summed E-state index contributed by atoms with van der Waals surface area (Å²) in [6.07, 6.45) is 1.41. The molecule has 34 heavy (non-hydrogen) atoms. The van der Waals surface area contributed by atoms with Gasteiger partial charge in [0.2, 0.25) is 0 Å². The zero-order valence-corrected chi connectivity index (χ0v) is 20.5. The third-order valence-corrected chi connectivity index (χ3v) is 6.41. The molecule has 180 valence electrons. The van der Waals surface area contributed by atoms with Gasteiger partial charge >= 0.3 is 5.97 Å². The molecule has 0 aromatic heterocycles. The van der Waals surface area contributed by atoms with Crippen LogP contribution in [0.15, 0.2) is 65.6 Å². The van der Waals surface area contributed by atoms with Gasteiger partial charge in [0.1, 0.15) is 18.4 Å². The van der Waals surface area contributed by atoms with Crippen LogP contribution in [0.4, 0.5) is 0 Å². The number of rotatable bonds is 8. The normalized spacial score (nSPS) is 12.8. The van der Waals surface area contributed by atoms with E-state index in [0.29, 0.717) is 11.1 Å². The first-order chi connectivity index (χ1) is 15.8. The van der Waals surface area contributed by atoms with Crippen LogP contribution in [0.25, 0.3) is 10.8 Å². The number of nitrogens with one attached hydrogen (secondary N) is 1. The lowest BCUT2D eigenvalue weighted by atomic mass is 9.88. The van der Waals surface area contributed by atoms with Gasteiger partial charge in [0.25, 0.3) is 5.91 Å². The number of amides is 1. The van der Waals surface area contributed by atoms with E-state index in [2.05, 4.69) is 5.32 Å². The van der Waals surface area contributed by atoms with Crippen molar-refractivity contribution in [2.24, 2.45) is 5.41 Å². The number of hydrogen-bond acceptors (Lipinski definition) is 5. The molecule has 0 spiro atoms. The van der Waals surface area contributed by atoms with Gasteiger partial charge in [-0.1, -0.05) is 63.2 Å². The molecule has 1 amide bonds. The number of carboxylic acids is 1. The van der Waals surface area contributed by atoms with E-state index in [0.717, 1.165) is 17.2 Å². The highest BCUT2D eigenvalue weighted by molar-refractivity contribution is 7.90. The maximum Gasteiger partial charge on any atom is 0.326 e. The predicted octanol–water partition coefficient (Wildman–Crippen LogP) is 4.44. The minimum atomic E-state index is -3.31. The summed E-state index contributed by atoms with van der Waals surface area (Å²) >= 11 is 0. The van der Waals surface area contributed by atoms with Crippen molar-refractivity contribution in [2.45, 2.75) is 44.7 Å². The average Bonchev–Trinajstić information content (AvgIpc) is 2.75. The molecule has 0 saturated heterocycles. The second kappa shape index (κ2) is 9.85. The van der Waals surface area contributed by atoms with Gasteiger partial charge < -0.3 is 15.2 Å². The molecule has 0 aliphatic rings. The minimum absolute atomic E-state index is 0.0999. The standard InChI is InChI=1S/C26H29NO6S/c1-26(2,3)15-22(25(29)30)27-24(28)21-14-11-18-7-5-6-8-20(18)23(21)33-16-17-9-12-19(13-10-17)34(4,31)32/h5-14,22H,15-16H2,1-4H3,(H,27,28)(H,29,30)/t22-/m0/s1. The van der Waals surface area contributed by atoms with Crippen molar-refractivity contribution in [3.8, 4) is 5.75 Å². The lowest BCUT2D eigenvalue weighted by Gasteiger charge is -2.24. The summed E-state index contributed by atoms with van der Waals surface area (Å²) in [6.45, 7) is 5.83. The first-order valence-corrected chi connectivity index (χ1v) is 12.7. The van der Waals surface area contributed by atoms with Gasteiger partial charge in [-0.05, 0) is 41.0 Å². The summed E-state index contributed by atoms with van der Waals surface area (Å²) in [5.41, 5.74) is 0.659. The molecule has 3 aromatic rings. The van der Waals surface area contributed by atoms with Crippen molar-refractivity contribution in [3.05, 3.63) is 71.8 Å². The molecule has 2 N–H and O–H groups in total. The molecule has 8 heteroatoms. The quantitative estimate of drug-likeness (QED) is 0.490. The van der Waals surface area contributed by atoms with E-state index in [4.69, 9.17) is 4.74 Å². The maximum atomic E-state index is 13.2. The van der Waals surface area contributed by atoms with Crippen LogP contribution in [0.1, 0.15) is 43.1 Å². The van der Waals surface area contributed by atoms with Crippen LogP contribution in [0.5, 0.6) is 5.75 Å². The topological polar surface area (TPSA) is 110 Å². The Bertz CT molecular complexity index is 1310. The van der Waals surface area contributed by atoms with E-state index in [9.17, 15) is 23.1 Å². The summed E-state index contributed by atoms with van der Waals surface area (Å²) in [4.78, 5) is 25.1. The second-order valence-electron chi connectivity index (χ2n) is 9.50. The lowest BCUT2D eigenvalue weighted by molar-refractivity contribution is -0.140. The fourth-order valence-electron chi connectivity index (χ4n) is 3.61. The van der Waals surface area contributed by atoms with Crippen LogP contribution in [0.3, 0.4) is 0 Å². The van der Waals surface area contributed by atoms with Crippen molar-refractivity contribution < 1.29 is 27.9 Å². The Balaban J connectivity index is 1.92. The van der Waals surface area contributed by atoms with Crippen molar-refractivity contribution >= 4 is 32.5 Å². The van der Waals surface area contributed by atoms with Gasteiger partial charge in [0.05, 0.1) is 10.5 Å². The lowest BCUT2D eigenvalue weighted by Crippen LogP contribution is -2.43. The van der Waals surface area contributed by atoms with Gasteiger partial charge in [-0.2, -0.15) is 0 Å². The molecule has 0 bridgehead atoms. The molecule has 7 nitrogen and oxygen atoms in total. The predicted molar refractivity (Wildman–Crippen MR) is 131 cm³/mol. The Labute approximate surface area is 199 Å². The Hall–Kier alpha value is -3.39. The Morgan fingerprint density at radius 2 is 1.65 bits per heavy atom. The summed E-state index contributed by atoms with van der Waals surface area (Å²) in [6, 6.07) is 16.1. The number of sulfone groups is 1. The number of benzene rings is 3. The van der Waals surface area contributed by atoms with Crippen molar-refractivity contribution in [1.82, 2.24) is 5.32 Å². The molecule has 3 rings (SSSR count). The molecular weight excluding hydrogens is 454 g/mol. The van der Waals surface area contributed by atoms with E-state index < -0.39 is 27.8 Å². The van der Waals surface area contributed by atoms with E-state index in [1.807, 2.05) is 45.0 Å². The first kappa shape index (κ1) is 25.2. The number of hydrogen-bond donors (Lipinski definition) is 2. The number of carbonyl (C=O) groups excluding carboxylic acids is 1. The molecule has 0 aliphatic heterocycles. The fraction of sp³-hybridized carbons (Fsp3) is 0.308. The fourth-order valence-corrected chi connectivity index (χ4v) is 4.24. The number of carbonyl (C=O) groups is 2. The zero-order valence-electron chi connectivity index (χ0n) is 19.7. The summed E-state index contributed by atoms with van der Waals surface area (Å²) in [5, 5.41) is 13.8. The third-order valence-electron chi connectivity index (χ3n) is 5.28. The summed E-state index contributed by atoms with van der Waals surface area (Å²) in [5.74, 6) is -1.30. The molecule has 3 aromatic carbocycles. The molecule has 1 atom stereocenters. The van der Waals surface area contributed by atoms with Crippen LogP contribution in [-0.4, -0.2) is 37.7 Å². The maximum absolute atomic E-state index is 13.2. The van der Waals surface area contributed by atoms with Crippen LogP contribution >= 0.6 is 0 Å². The van der Waals surface area contributed by atoms with E-state index >= 15 is 0 Å². The highest BCUT2D eigenvalue weighted by Gasteiger charge is 2.28. The van der Waals surface area contributed by atoms with Crippen LogP contribution in [0.2, 0.25) is 0 Å². The molecule has 0 heterocycles. The number of aliphatic carboxylic acids is 1. The number of ether oxygens (including phenoxy) is 1. The molecular formula is C26H29NO6S. The summed E-state index contributed by atoms with van der Waals surface area (Å²) in [7, 11) is -3.31. The van der Waals surface area contributed by atoms with E-state index in [1.54, 1.807) is 24.3 Å². The minimum Gasteiger partial charge on any atom is -0.487 e. The first-order valence-electron chi connectivity index (χ1n) is 10.8. The molecule has 0 radical (unpaired) electrons. The van der Waals surface area contributed by atoms with Crippen molar-refractivity contribution in [2.75, 3.05) is 6.26 Å². The summed E-state index contributed by atoms with van der Waals surface area (Å²) < 4.78 is 29.5. The van der Waals surface area contributed by atoms with Crippen LogP contribution < -0.4 is 10.1 Å². The SMILES string of the molecule is CC(C)(C)C[C@H](NC(=O)c1ccc2ccccc2c1OCc1ccc(S(C)(=O)=O)cc1)C(=O)O. The Morgan fingerprint density at radius 1 is 1.00 bits per heavy atom. The Kier molecular flexibility index (Phi) is 7.31. The zero-order chi connectivity index (χ0) is 25.1. The van der Waals surface area contributed by atoms with E-state index in [-0.39, 0.29) is 28.9 Å². The Morgan fingerprint density at radius 3 is 2.24 bits per heavy atom. The van der Waals surface area contributed by atoms with Gasteiger partial charge in [0, 0.05) is 11.6 Å². The highest BCUT2D eigenvalue weighted by atomic mass is 32.2. The molecule has 0 aliphatic carbocycles. The molecule has 0 unspecified atom stereocenters. The number of carboxylic acid groups (broad SMARTS) is 1. The van der Waals surface area contributed by atoms with E-state index in [1.165, 1.54) is 12.1 Å². The van der Waals surface area contributed by atoms with Gasteiger partial charge in [0.15, 0.2) is 9.84 Å².